The molecule has 0 bridgehead atoms. The first-order chi connectivity index (χ1) is 17.9. The number of nitrogens with one attached hydrogen (secondary N) is 1. The van der Waals surface area contributed by atoms with Gasteiger partial charge in [-0.2, -0.15) is 0 Å². The molecule has 2 aromatic rings. The highest BCUT2D eigenvalue weighted by molar-refractivity contribution is 8.00. The molecular weight excluding hydrogens is 507 g/mol. The van der Waals surface area contributed by atoms with Gasteiger partial charge in [-0.25, -0.2) is 14.2 Å². The number of rotatable bonds is 6. The zero-order valence-electron chi connectivity index (χ0n) is 22.1. The summed E-state index contributed by atoms with van der Waals surface area (Å²) in [4.78, 5) is 15.7. The molecule has 1 heterocycles. The third-order valence-corrected chi connectivity index (χ3v) is 8.64. The zero-order chi connectivity index (χ0) is 26.6. The van der Waals surface area contributed by atoms with Gasteiger partial charge < -0.3 is 14.6 Å². The van der Waals surface area contributed by atoms with E-state index in [9.17, 15) is 9.18 Å². The van der Waals surface area contributed by atoms with Crippen LogP contribution in [0.5, 0.6) is 5.75 Å². The Kier molecular flexibility index (Phi) is 12.1. The molecular formula is C29H39FN2O3S2. The Balaban J connectivity index is 0.00000121. The molecule has 1 aromatic heterocycles. The molecule has 0 radical (unpaired) electrons. The van der Waals surface area contributed by atoms with E-state index in [2.05, 4.69) is 35.4 Å². The number of thiazole rings is 1. The van der Waals surface area contributed by atoms with Gasteiger partial charge >= 0.3 is 5.97 Å². The van der Waals surface area contributed by atoms with Crippen LogP contribution >= 0.6 is 23.3 Å². The fraction of sp³-hybridized carbons (Fsp3) is 0.586. The van der Waals surface area contributed by atoms with Crippen molar-refractivity contribution in [3.05, 3.63) is 33.9 Å². The zero-order valence-corrected chi connectivity index (χ0v) is 23.8. The lowest BCUT2D eigenvalue weighted by Gasteiger charge is -2.32. The summed E-state index contributed by atoms with van der Waals surface area (Å²) in [6.07, 6.45) is 14.8. The van der Waals surface area contributed by atoms with Crippen molar-refractivity contribution in [2.45, 2.75) is 89.5 Å². The number of carboxylic acids is 1. The standard InChI is InChI=1S/C26H31FN2O3S2.C3H8/c1-32-23-14-20(26(30)31)21(27)15-22(23)29-34-25-16-33-24(28-25)13-10-17-8-11-19(12-9-17)18-6-4-2-3-5-7-18;1-3-2/h14-19,29H,2-9,11-12H2,1H3,(H,30,31);3H2,1-2H3. The van der Waals surface area contributed by atoms with E-state index in [-0.39, 0.29) is 5.75 Å². The first-order valence-electron chi connectivity index (χ1n) is 13.5. The SMILES string of the molecule is CCC.COc1cc(C(=O)O)c(F)cc1NSc1csc(C#CC2CCC(C3CCCCCC3)CC2)n1. The second kappa shape index (κ2) is 15.2. The van der Waals surface area contributed by atoms with Crippen LogP contribution in [-0.4, -0.2) is 23.2 Å². The minimum atomic E-state index is -1.34. The van der Waals surface area contributed by atoms with E-state index in [1.54, 1.807) is 0 Å². The summed E-state index contributed by atoms with van der Waals surface area (Å²) in [5, 5.41) is 12.5. The molecule has 2 saturated carbocycles. The molecule has 2 N–H and O–H groups in total. The number of nitrogens with zero attached hydrogens (tertiary/aromatic N) is 1. The second-order valence-corrected chi connectivity index (χ2v) is 11.6. The average Bonchev–Trinajstić information content (AvgIpc) is 3.17. The van der Waals surface area contributed by atoms with Gasteiger partial charge in [0.1, 0.15) is 16.6 Å². The quantitative estimate of drug-likeness (QED) is 0.215. The largest absolute Gasteiger partial charge is 0.495 e. The summed E-state index contributed by atoms with van der Waals surface area (Å²) in [5.41, 5.74) is -0.0806. The molecule has 0 saturated heterocycles. The van der Waals surface area contributed by atoms with Gasteiger partial charge in [0.25, 0.3) is 0 Å². The Bertz CT molecular complexity index is 1060. The van der Waals surface area contributed by atoms with Crippen LogP contribution in [0, 0.1) is 35.4 Å². The number of ether oxygens (including phenoxy) is 1. The molecule has 8 heteroatoms. The van der Waals surface area contributed by atoms with E-state index in [4.69, 9.17) is 9.84 Å². The minimum Gasteiger partial charge on any atom is -0.495 e. The molecule has 0 unspecified atom stereocenters. The second-order valence-electron chi connectivity index (χ2n) is 9.87. The Labute approximate surface area is 229 Å². The highest BCUT2D eigenvalue weighted by Gasteiger charge is 2.27. The Hall–Kier alpha value is -2.24. The van der Waals surface area contributed by atoms with Gasteiger partial charge in [0.05, 0.1) is 18.4 Å². The van der Waals surface area contributed by atoms with Crippen molar-refractivity contribution in [3.8, 4) is 17.6 Å². The number of halogens is 1. The van der Waals surface area contributed by atoms with Crippen molar-refractivity contribution in [2.75, 3.05) is 11.8 Å². The highest BCUT2D eigenvalue weighted by Crippen LogP contribution is 2.39. The molecule has 2 aliphatic carbocycles. The van der Waals surface area contributed by atoms with Crippen LogP contribution in [0.15, 0.2) is 22.5 Å². The van der Waals surface area contributed by atoms with Gasteiger partial charge in [-0.3, -0.25) is 0 Å². The van der Waals surface area contributed by atoms with Crippen molar-refractivity contribution in [3.63, 3.8) is 0 Å². The summed E-state index contributed by atoms with van der Waals surface area (Å²) < 4.78 is 22.3. The molecule has 0 atom stereocenters. The van der Waals surface area contributed by atoms with E-state index in [1.807, 2.05) is 5.38 Å². The smallest absolute Gasteiger partial charge is 0.338 e. The summed E-state index contributed by atoms with van der Waals surface area (Å²) >= 11 is 2.70. The fourth-order valence-electron chi connectivity index (χ4n) is 5.12. The third-order valence-electron chi connectivity index (χ3n) is 6.99. The number of benzene rings is 1. The molecule has 202 valence electrons. The first-order valence-corrected chi connectivity index (χ1v) is 15.1. The van der Waals surface area contributed by atoms with E-state index in [0.717, 1.165) is 27.9 Å². The van der Waals surface area contributed by atoms with Gasteiger partial charge in [0.2, 0.25) is 0 Å². The van der Waals surface area contributed by atoms with Crippen LogP contribution in [0.1, 0.15) is 99.8 Å². The Morgan fingerprint density at radius 2 is 1.78 bits per heavy atom. The number of aromatic carboxylic acids is 1. The number of hydrogen-bond acceptors (Lipinski definition) is 6. The van der Waals surface area contributed by atoms with Crippen molar-refractivity contribution >= 4 is 34.9 Å². The lowest BCUT2D eigenvalue weighted by Crippen LogP contribution is -2.21. The summed E-state index contributed by atoms with van der Waals surface area (Å²) in [5.74, 6) is 7.09. The van der Waals surface area contributed by atoms with Gasteiger partial charge in [-0.1, -0.05) is 64.7 Å². The maximum absolute atomic E-state index is 14.1. The van der Waals surface area contributed by atoms with E-state index in [1.165, 1.54) is 107 Å². The number of carboxylic acid groups (broad SMARTS) is 1. The predicted octanol–water partition coefficient (Wildman–Crippen LogP) is 8.65. The van der Waals surface area contributed by atoms with Crippen LogP contribution in [-0.2, 0) is 0 Å². The molecule has 37 heavy (non-hydrogen) atoms. The first kappa shape index (κ1) is 29.3. The van der Waals surface area contributed by atoms with Crippen LogP contribution in [0.3, 0.4) is 0 Å². The molecule has 2 aliphatic rings. The number of hydrogen-bond donors (Lipinski definition) is 2. The molecule has 2 fully saturated rings. The van der Waals surface area contributed by atoms with E-state index >= 15 is 0 Å². The van der Waals surface area contributed by atoms with Crippen LogP contribution in [0.4, 0.5) is 10.1 Å². The normalized spacial score (nSPS) is 20.0. The number of aromatic nitrogens is 1. The van der Waals surface area contributed by atoms with Crippen molar-refractivity contribution in [1.29, 1.82) is 0 Å². The summed E-state index contributed by atoms with van der Waals surface area (Å²) in [7, 11) is 1.41. The molecule has 0 aliphatic heterocycles. The molecule has 5 nitrogen and oxygen atoms in total. The number of anilines is 1. The molecule has 0 spiro atoms. The van der Waals surface area contributed by atoms with E-state index in [0.29, 0.717) is 11.6 Å². The lowest BCUT2D eigenvalue weighted by atomic mass is 9.73. The predicted molar refractivity (Wildman–Crippen MR) is 151 cm³/mol. The van der Waals surface area contributed by atoms with Crippen LogP contribution < -0.4 is 9.46 Å². The van der Waals surface area contributed by atoms with Crippen LogP contribution in [0.25, 0.3) is 0 Å². The molecule has 0 amide bonds. The van der Waals surface area contributed by atoms with Crippen LogP contribution in [0.2, 0.25) is 0 Å². The highest BCUT2D eigenvalue weighted by atomic mass is 32.2. The topological polar surface area (TPSA) is 71.5 Å². The van der Waals surface area contributed by atoms with E-state index < -0.39 is 17.3 Å². The lowest BCUT2D eigenvalue weighted by molar-refractivity contribution is 0.0691. The van der Waals surface area contributed by atoms with Crippen molar-refractivity contribution < 1.29 is 19.0 Å². The molecule has 4 rings (SSSR count). The maximum Gasteiger partial charge on any atom is 0.338 e. The fourth-order valence-corrected chi connectivity index (χ4v) is 6.56. The van der Waals surface area contributed by atoms with Gasteiger partial charge in [0, 0.05) is 29.3 Å². The minimum absolute atomic E-state index is 0.251. The van der Waals surface area contributed by atoms with Gasteiger partial charge in [-0.05, 0) is 49.5 Å². The Morgan fingerprint density at radius 1 is 1.14 bits per heavy atom. The average molecular weight is 547 g/mol. The van der Waals surface area contributed by atoms with Crippen molar-refractivity contribution in [2.24, 2.45) is 17.8 Å². The van der Waals surface area contributed by atoms with Gasteiger partial charge in [-0.15, -0.1) is 11.3 Å². The maximum atomic E-state index is 14.1. The van der Waals surface area contributed by atoms with Crippen molar-refractivity contribution in [1.82, 2.24) is 4.98 Å². The Morgan fingerprint density at radius 3 is 2.41 bits per heavy atom. The monoisotopic (exact) mass is 546 g/mol. The molecule has 1 aromatic carbocycles. The summed E-state index contributed by atoms with van der Waals surface area (Å²) in [6.45, 7) is 4.25. The van der Waals surface area contributed by atoms with Gasteiger partial charge in [0.15, 0.2) is 5.01 Å². The summed E-state index contributed by atoms with van der Waals surface area (Å²) in [6, 6.07) is 2.29. The number of methoxy groups -OCH3 is 1. The third kappa shape index (κ3) is 8.93. The number of carbonyl (C=O) groups is 1.